The van der Waals surface area contributed by atoms with Gasteiger partial charge >= 0.3 is 0 Å². The van der Waals surface area contributed by atoms with Gasteiger partial charge in [0.2, 0.25) is 10.0 Å². The molecule has 27 heavy (non-hydrogen) atoms. The lowest BCUT2D eigenvalue weighted by molar-refractivity contribution is 0.0951. The third-order valence-corrected chi connectivity index (χ3v) is 6.06. The van der Waals surface area contributed by atoms with Crippen LogP contribution in [0.2, 0.25) is 0 Å². The first-order valence-corrected chi connectivity index (χ1v) is 10.4. The number of Topliss-reactive ketones (excluding diaryl/α,β-unsaturated/α-hetero) is 1. The lowest BCUT2D eigenvalue weighted by Gasteiger charge is -2.10. The summed E-state index contributed by atoms with van der Waals surface area (Å²) in [6.45, 7) is 2.46. The van der Waals surface area contributed by atoms with Crippen LogP contribution in [0, 0.1) is 6.92 Å². The molecule has 3 rings (SSSR count). The first-order valence-electron chi connectivity index (χ1n) is 8.88. The van der Waals surface area contributed by atoms with Crippen molar-refractivity contribution in [3.63, 3.8) is 0 Å². The number of nitrogens with one attached hydrogen (secondary N) is 2. The van der Waals surface area contributed by atoms with E-state index in [0.717, 1.165) is 11.1 Å². The van der Waals surface area contributed by atoms with Gasteiger partial charge in [0.15, 0.2) is 5.78 Å². The summed E-state index contributed by atoms with van der Waals surface area (Å²) in [5.41, 5.74) is 2.96. The van der Waals surface area contributed by atoms with E-state index in [9.17, 15) is 18.0 Å². The molecule has 0 saturated heterocycles. The van der Waals surface area contributed by atoms with E-state index in [2.05, 4.69) is 10.0 Å². The SMILES string of the molecule is Cc1ccc(S(=O)(=O)NCCCNC(=O)c2cccc3c2CCC3=O)cc1. The molecule has 0 bridgehead atoms. The molecule has 0 aliphatic heterocycles. The van der Waals surface area contributed by atoms with E-state index in [-0.39, 0.29) is 23.1 Å². The van der Waals surface area contributed by atoms with Crippen LogP contribution in [0.15, 0.2) is 47.4 Å². The highest BCUT2D eigenvalue weighted by molar-refractivity contribution is 7.89. The quantitative estimate of drug-likeness (QED) is 0.714. The number of carbonyl (C=O) groups is 2. The van der Waals surface area contributed by atoms with Crippen LogP contribution in [0.25, 0.3) is 0 Å². The maximum absolute atomic E-state index is 12.4. The number of aryl methyl sites for hydroxylation is 1. The van der Waals surface area contributed by atoms with Crippen molar-refractivity contribution in [2.45, 2.75) is 31.1 Å². The fourth-order valence-corrected chi connectivity index (χ4v) is 4.17. The predicted molar refractivity (Wildman–Crippen MR) is 102 cm³/mol. The number of fused-ring (bicyclic) bond motifs is 1. The maximum Gasteiger partial charge on any atom is 0.251 e. The molecule has 0 aromatic heterocycles. The van der Waals surface area contributed by atoms with Crippen molar-refractivity contribution < 1.29 is 18.0 Å². The van der Waals surface area contributed by atoms with Crippen molar-refractivity contribution in [2.24, 2.45) is 0 Å². The van der Waals surface area contributed by atoms with E-state index in [4.69, 9.17) is 0 Å². The van der Waals surface area contributed by atoms with Gasteiger partial charge in [0.05, 0.1) is 4.90 Å². The second-order valence-corrected chi connectivity index (χ2v) is 8.34. The number of rotatable bonds is 7. The molecule has 2 aromatic rings. The largest absolute Gasteiger partial charge is 0.352 e. The predicted octanol–water partition coefficient (Wildman–Crippen LogP) is 2.22. The number of hydrogen-bond donors (Lipinski definition) is 2. The number of sulfonamides is 1. The van der Waals surface area contributed by atoms with E-state index in [0.29, 0.717) is 36.9 Å². The molecule has 0 heterocycles. The Morgan fingerprint density at radius 2 is 1.78 bits per heavy atom. The van der Waals surface area contributed by atoms with E-state index in [1.165, 1.54) is 0 Å². The molecule has 1 aliphatic rings. The molecule has 6 nitrogen and oxygen atoms in total. The zero-order chi connectivity index (χ0) is 19.4. The molecule has 0 atom stereocenters. The van der Waals surface area contributed by atoms with Crippen molar-refractivity contribution in [3.05, 3.63) is 64.7 Å². The van der Waals surface area contributed by atoms with Gasteiger partial charge in [0, 0.05) is 30.6 Å². The molecule has 142 valence electrons. The fraction of sp³-hybridized carbons (Fsp3) is 0.300. The van der Waals surface area contributed by atoms with Gasteiger partial charge in [-0.3, -0.25) is 9.59 Å². The van der Waals surface area contributed by atoms with Crippen LogP contribution in [0.1, 0.15) is 44.7 Å². The summed E-state index contributed by atoms with van der Waals surface area (Å²) in [4.78, 5) is 24.4. The van der Waals surface area contributed by atoms with Crippen molar-refractivity contribution in [2.75, 3.05) is 13.1 Å². The van der Waals surface area contributed by atoms with E-state index >= 15 is 0 Å². The van der Waals surface area contributed by atoms with E-state index in [1.807, 2.05) is 6.92 Å². The minimum Gasteiger partial charge on any atom is -0.352 e. The van der Waals surface area contributed by atoms with Gasteiger partial charge < -0.3 is 5.32 Å². The van der Waals surface area contributed by atoms with Gasteiger partial charge in [-0.25, -0.2) is 13.1 Å². The molecule has 7 heteroatoms. The topological polar surface area (TPSA) is 92.3 Å². The Kier molecular flexibility index (Phi) is 5.72. The number of benzene rings is 2. The second kappa shape index (κ2) is 8.02. The van der Waals surface area contributed by atoms with Gasteiger partial charge in [-0.2, -0.15) is 0 Å². The highest BCUT2D eigenvalue weighted by atomic mass is 32.2. The first kappa shape index (κ1) is 19.3. The Labute approximate surface area is 159 Å². The van der Waals surface area contributed by atoms with Crippen LogP contribution in [0.4, 0.5) is 0 Å². The molecule has 0 spiro atoms. The molecule has 1 amide bonds. The number of amides is 1. The van der Waals surface area contributed by atoms with Crippen molar-refractivity contribution in [3.8, 4) is 0 Å². The van der Waals surface area contributed by atoms with Crippen molar-refractivity contribution >= 4 is 21.7 Å². The van der Waals surface area contributed by atoms with Crippen molar-refractivity contribution in [1.82, 2.24) is 10.0 Å². The molecule has 0 saturated carbocycles. The van der Waals surface area contributed by atoms with Crippen LogP contribution >= 0.6 is 0 Å². The maximum atomic E-state index is 12.4. The molecular weight excluding hydrogens is 364 g/mol. The van der Waals surface area contributed by atoms with Crippen LogP contribution < -0.4 is 10.0 Å². The number of hydrogen-bond acceptors (Lipinski definition) is 4. The Morgan fingerprint density at radius 3 is 2.52 bits per heavy atom. The summed E-state index contributed by atoms with van der Waals surface area (Å²) < 4.78 is 26.9. The molecule has 2 N–H and O–H groups in total. The zero-order valence-corrected chi connectivity index (χ0v) is 15.9. The van der Waals surface area contributed by atoms with Crippen LogP contribution in [-0.2, 0) is 16.4 Å². The smallest absolute Gasteiger partial charge is 0.251 e. The third kappa shape index (κ3) is 4.43. The summed E-state index contributed by atoms with van der Waals surface area (Å²) in [5, 5.41) is 2.79. The number of carbonyl (C=O) groups excluding carboxylic acids is 2. The Balaban J connectivity index is 1.49. The molecule has 2 aromatic carbocycles. The van der Waals surface area contributed by atoms with Gasteiger partial charge in [-0.05, 0) is 43.5 Å². The Hall–Kier alpha value is -2.51. The second-order valence-electron chi connectivity index (χ2n) is 6.58. The Morgan fingerprint density at radius 1 is 1.04 bits per heavy atom. The lowest BCUT2D eigenvalue weighted by atomic mass is 10.0. The number of ketones is 1. The van der Waals surface area contributed by atoms with Crippen molar-refractivity contribution in [1.29, 1.82) is 0 Å². The molecule has 1 aliphatic carbocycles. The Bertz CT molecular complexity index is 966. The van der Waals surface area contributed by atoms with Crippen LogP contribution in [0.5, 0.6) is 0 Å². The monoisotopic (exact) mass is 386 g/mol. The summed E-state index contributed by atoms with van der Waals surface area (Å²) >= 11 is 0. The normalized spacial score (nSPS) is 13.4. The average Bonchev–Trinajstić information content (AvgIpc) is 3.03. The highest BCUT2D eigenvalue weighted by Gasteiger charge is 2.24. The first-order chi connectivity index (χ1) is 12.9. The summed E-state index contributed by atoms with van der Waals surface area (Å²) in [7, 11) is -3.54. The van der Waals surface area contributed by atoms with E-state index in [1.54, 1.807) is 42.5 Å². The average molecular weight is 386 g/mol. The summed E-state index contributed by atoms with van der Waals surface area (Å²) in [6, 6.07) is 11.8. The minimum absolute atomic E-state index is 0.0742. The molecule has 0 unspecified atom stereocenters. The van der Waals surface area contributed by atoms with Gasteiger partial charge in [0.25, 0.3) is 5.91 Å². The highest BCUT2D eigenvalue weighted by Crippen LogP contribution is 2.25. The zero-order valence-electron chi connectivity index (χ0n) is 15.1. The van der Waals surface area contributed by atoms with Gasteiger partial charge in [0.1, 0.15) is 0 Å². The summed E-state index contributed by atoms with van der Waals surface area (Å²) in [5.74, 6) is -0.159. The third-order valence-electron chi connectivity index (χ3n) is 4.59. The van der Waals surface area contributed by atoms with E-state index < -0.39 is 10.0 Å². The molecular formula is C20H22N2O4S. The molecule has 0 fully saturated rings. The van der Waals surface area contributed by atoms with Crippen LogP contribution in [0.3, 0.4) is 0 Å². The van der Waals surface area contributed by atoms with Gasteiger partial charge in [-0.15, -0.1) is 0 Å². The molecule has 0 radical (unpaired) electrons. The van der Waals surface area contributed by atoms with Crippen LogP contribution in [-0.4, -0.2) is 33.2 Å². The minimum atomic E-state index is -3.54. The fourth-order valence-electron chi connectivity index (χ4n) is 3.10. The standard InChI is InChI=1S/C20H22N2O4S/c1-14-6-8-15(9-7-14)27(25,26)22-13-3-12-21-20(24)18-5-2-4-17-16(18)10-11-19(17)23/h2,4-9,22H,3,10-13H2,1H3,(H,21,24). The van der Waals surface area contributed by atoms with Gasteiger partial charge in [-0.1, -0.05) is 29.8 Å². The summed E-state index contributed by atoms with van der Waals surface area (Å²) in [6.07, 6.45) is 1.50. The lowest BCUT2D eigenvalue weighted by Crippen LogP contribution is -2.30.